The van der Waals surface area contributed by atoms with E-state index in [0.717, 1.165) is 6.42 Å². The summed E-state index contributed by atoms with van der Waals surface area (Å²) in [5.74, 6) is 1.45. The van der Waals surface area contributed by atoms with E-state index in [1.807, 2.05) is 0 Å². The molecule has 0 saturated carbocycles. The first-order valence-electron chi connectivity index (χ1n) is 4.36. The Bertz CT molecular complexity index is 266. The third-order valence-corrected chi connectivity index (χ3v) is 1.75. The molecule has 3 N–H and O–H groups in total. The van der Waals surface area contributed by atoms with Crippen molar-refractivity contribution in [1.82, 2.24) is 15.0 Å². The summed E-state index contributed by atoms with van der Waals surface area (Å²) in [5, 5.41) is 3.13. The first kappa shape index (κ1) is 9.70. The summed E-state index contributed by atoms with van der Waals surface area (Å²) >= 11 is 0. The Morgan fingerprint density at radius 2 is 2.08 bits per heavy atom. The molecule has 1 aromatic heterocycles. The molecule has 1 rings (SSSR count). The zero-order valence-electron chi connectivity index (χ0n) is 8.20. The number of aromatic nitrogens is 3. The summed E-state index contributed by atoms with van der Waals surface area (Å²) in [5.41, 5.74) is 5.47. The quantitative estimate of drug-likeness (QED) is 0.726. The lowest BCUT2D eigenvalue weighted by Gasteiger charge is -2.10. The summed E-state index contributed by atoms with van der Waals surface area (Å²) < 4.78 is 0. The SMILES string of the molecule is CCC(C)Nc1nc(C)nc(N)n1. The van der Waals surface area contributed by atoms with E-state index in [9.17, 15) is 0 Å². The van der Waals surface area contributed by atoms with Crippen LogP contribution in [-0.2, 0) is 0 Å². The van der Waals surface area contributed by atoms with Crippen LogP contribution in [0.15, 0.2) is 0 Å². The average molecular weight is 181 g/mol. The largest absolute Gasteiger partial charge is 0.368 e. The zero-order valence-corrected chi connectivity index (χ0v) is 8.20. The molecule has 0 aromatic carbocycles. The van der Waals surface area contributed by atoms with Crippen LogP contribution >= 0.6 is 0 Å². The van der Waals surface area contributed by atoms with Gasteiger partial charge in [-0.2, -0.15) is 15.0 Å². The summed E-state index contributed by atoms with van der Waals surface area (Å²) in [7, 11) is 0. The van der Waals surface area contributed by atoms with Gasteiger partial charge in [0.05, 0.1) is 0 Å². The number of hydrogen-bond acceptors (Lipinski definition) is 5. The van der Waals surface area contributed by atoms with Crippen molar-refractivity contribution in [3.63, 3.8) is 0 Å². The van der Waals surface area contributed by atoms with Crippen molar-refractivity contribution in [2.24, 2.45) is 0 Å². The summed E-state index contributed by atoms with van der Waals surface area (Å²) in [6.07, 6.45) is 1.02. The number of nitrogens with two attached hydrogens (primary N) is 1. The van der Waals surface area contributed by atoms with Gasteiger partial charge in [-0.15, -0.1) is 0 Å². The molecule has 1 heterocycles. The molecule has 0 saturated heterocycles. The molecule has 5 heteroatoms. The van der Waals surface area contributed by atoms with Crippen molar-refractivity contribution < 1.29 is 0 Å². The van der Waals surface area contributed by atoms with Gasteiger partial charge in [0, 0.05) is 6.04 Å². The van der Waals surface area contributed by atoms with Crippen LogP contribution in [0.5, 0.6) is 0 Å². The molecule has 0 aliphatic heterocycles. The van der Waals surface area contributed by atoms with Crippen LogP contribution in [0.25, 0.3) is 0 Å². The molecule has 0 aliphatic rings. The maximum atomic E-state index is 5.47. The van der Waals surface area contributed by atoms with Gasteiger partial charge in [-0.1, -0.05) is 6.92 Å². The van der Waals surface area contributed by atoms with E-state index in [0.29, 0.717) is 17.8 Å². The molecule has 0 amide bonds. The second kappa shape index (κ2) is 4.02. The summed E-state index contributed by atoms with van der Waals surface area (Å²) in [4.78, 5) is 12.0. The van der Waals surface area contributed by atoms with E-state index in [-0.39, 0.29) is 5.95 Å². The molecule has 0 spiro atoms. The van der Waals surface area contributed by atoms with Crippen LogP contribution in [-0.4, -0.2) is 21.0 Å². The van der Waals surface area contributed by atoms with Gasteiger partial charge in [-0.25, -0.2) is 0 Å². The number of nitrogens with one attached hydrogen (secondary N) is 1. The third kappa shape index (κ3) is 2.85. The number of hydrogen-bond donors (Lipinski definition) is 2. The van der Waals surface area contributed by atoms with Crippen LogP contribution in [0.1, 0.15) is 26.1 Å². The Morgan fingerprint density at radius 3 is 2.62 bits per heavy atom. The standard InChI is InChI=1S/C8H15N5/c1-4-5(2)10-8-12-6(3)11-7(9)13-8/h5H,4H2,1-3H3,(H3,9,10,11,12,13). The van der Waals surface area contributed by atoms with Crippen LogP contribution in [0.2, 0.25) is 0 Å². The fraction of sp³-hybridized carbons (Fsp3) is 0.625. The van der Waals surface area contributed by atoms with Crippen molar-refractivity contribution in [3.05, 3.63) is 5.82 Å². The highest BCUT2D eigenvalue weighted by Gasteiger charge is 2.03. The molecule has 13 heavy (non-hydrogen) atoms. The van der Waals surface area contributed by atoms with E-state index in [4.69, 9.17) is 5.73 Å². The predicted molar refractivity (Wildman–Crippen MR) is 52.4 cm³/mol. The second-order valence-corrected chi connectivity index (χ2v) is 3.02. The molecule has 1 atom stereocenters. The number of rotatable bonds is 3. The molecule has 0 fully saturated rings. The van der Waals surface area contributed by atoms with Crippen molar-refractivity contribution in [1.29, 1.82) is 0 Å². The third-order valence-electron chi connectivity index (χ3n) is 1.75. The Morgan fingerprint density at radius 1 is 1.38 bits per heavy atom. The molecule has 0 bridgehead atoms. The molecule has 0 aliphatic carbocycles. The van der Waals surface area contributed by atoms with E-state index in [2.05, 4.69) is 34.1 Å². The summed E-state index contributed by atoms with van der Waals surface area (Å²) in [6.45, 7) is 5.95. The number of nitrogen functional groups attached to an aromatic ring is 1. The van der Waals surface area contributed by atoms with Gasteiger partial charge in [0.15, 0.2) is 0 Å². The smallest absolute Gasteiger partial charge is 0.227 e. The number of anilines is 2. The minimum Gasteiger partial charge on any atom is -0.368 e. The van der Waals surface area contributed by atoms with E-state index in [1.54, 1.807) is 6.92 Å². The lowest BCUT2D eigenvalue weighted by atomic mass is 10.3. The van der Waals surface area contributed by atoms with Gasteiger partial charge in [0.1, 0.15) is 5.82 Å². The summed E-state index contributed by atoms with van der Waals surface area (Å²) in [6, 6.07) is 0.348. The fourth-order valence-electron chi connectivity index (χ4n) is 0.890. The molecule has 72 valence electrons. The molecule has 5 nitrogen and oxygen atoms in total. The minimum atomic E-state index is 0.262. The van der Waals surface area contributed by atoms with Crippen LogP contribution in [0.4, 0.5) is 11.9 Å². The van der Waals surface area contributed by atoms with Crippen LogP contribution < -0.4 is 11.1 Å². The van der Waals surface area contributed by atoms with Crippen molar-refractivity contribution in [2.75, 3.05) is 11.1 Å². The zero-order chi connectivity index (χ0) is 9.84. The maximum Gasteiger partial charge on any atom is 0.227 e. The molecular weight excluding hydrogens is 166 g/mol. The molecule has 1 aromatic rings. The predicted octanol–water partition coefficient (Wildman–Crippen LogP) is 0.973. The van der Waals surface area contributed by atoms with E-state index >= 15 is 0 Å². The normalized spacial score (nSPS) is 12.5. The first-order valence-corrected chi connectivity index (χ1v) is 4.36. The average Bonchev–Trinajstić information content (AvgIpc) is 2.02. The Kier molecular flexibility index (Phi) is 3.00. The lowest BCUT2D eigenvalue weighted by Crippen LogP contribution is -2.17. The van der Waals surface area contributed by atoms with Gasteiger partial charge < -0.3 is 11.1 Å². The second-order valence-electron chi connectivity index (χ2n) is 3.02. The topological polar surface area (TPSA) is 76.7 Å². The Labute approximate surface area is 77.8 Å². The molecular formula is C8H15N5. The Balaban J connectivity index is 2.77. The first-order chi connectivity index (χ1) is 6.11. The van der Waals surface area contributed by atoms with Crippen LogP contribution in [0.3, 0.4) is 0 Å². The van der Waals surface area contributed by atoms with Crippen molar-refractivity contribution in [3.8, 4) is 0 Å². The van der Waals surface area contributed by atoms with Crippen LogP contribution in [0, 0.1) is 6.92 Å². The van der Waals surface area contributed by atoms with Crippen molar-refractivity contribution >= 4 is 11.9 Å². The molecule has 0 radical (unpaired) electrons. The van der Waals surface area contributed by atoms with E-state index < -0.39 is 0 Å². The maximum absolute atomic E-state index is 5.47. The monoisotopic (exact) mass is 181 g/mol. The van der Waals surface area contributed by atoms with E-state index in [1.165, 1.54) is 0 Å². The highest BCUT2D eigenvalue weighted by molar-refractivity contribution is 5.31. The fourth-order valence-corrected chi connectivity index (χ4v) is 0.890. The van der Waals surface area contributed by atoms with Crippen molar-refractivity contribution in [2.45, 2.75) is 33.2 Å². The van der Waals surface area contributed by atoms with Gasteiger partial charge in [-0.3, -0.25) is 0 Å². The van der Waals surface area contributed by atoms with Gasteiger partial charge in [0.2, 0.25) is 11.9 Å². The number of nitrogens with zero attached hydrogens (tertiary/aromatic N) is 3. The van der Waals surface area contributed by atoms with Gasteiger partial charge in [0.25, 0.3) is 0 Å². The molecule has 1 unspecified atom stereocenters. The number of aryl methyl sites for hydroxylation is 1. The van der Waals surface area contributed by atoms with Gasteiger partial charge >= 0.3 is 0 Å². The van der Waals surface area contributed by atoms with Gasteiger partial charge in [-0.05, 0) is 20.3 Å². The lowest BCUT2D eigenvalue weighted by molar-refractivity contribution is 0.749. The highest BCUT2D eigenvalue weighted by atomic mass is 15.2. The Hall–Kier alpha value is -1.39. The highest BCUT2D eigenvalue weighted by Crippen LogP contribution is 2.04. The minimum absolute atomic E-state index is 0.262.